The van der Waals surface area contributed by atoms with Gasteiger partial charge in [-0.15, -0.1) is 11.3 Å². The summed E-state index contributed by atoms with van der Waals surface area (Å²) in [6.45, 7) is 0. The molecule has 2 aromatic rings. The standard InChI is InChI=1S/C18H12N4S/c19-9-13(10-20)17-14(11-21)16(15-7-4-8-23-15)18(22-17)12-5-2-1-3-6-12/h1-8,13,16,18,22H/t16-,18-/m1/s1. The Morgan fingerprint density at radius 2 is 1.74 bits per heavy atom. The highest BCUT2D eigenvalue weighted by atomic mass is 32.1. The third-order valence-electron chi connectivity index (χ3n) is 3.92. The van der Waals surface area contributed by atoms with Crippen LogP contribution in [0.15, 0.2) is 59.1 Å². The number of nitrogens with zero attached hydrogens (tertiary/aromatic N) is 3. The zero-order valence-corrected chi connectivity index (χ0v) is 12.9. The molecule has 0 bridgehead atoms. The van der Waals surface area contributed by atoms with Gasteiger partial charge in [0.05, 0.1) is 41.4 Å². The summed E-state index contributed by atoms with van der Waals surface area (Å²) in [4.78, 5) is 1.05. The molecule has 1 aliphatic heterocycles. The summed E-state index contributed by atoms with van der Waals surface area (Å²) in [5.74, 6) is -1.14. The zero-order chi connectivity index (χ0) is 16.2. The summed E-state index contributed by atoms with van der Waals surface area (Å²) in [7, 11) is 0. The van der Waals surface area contributed by atoms with Crippen molar-refractivity contribution >= 4 is 11.3 Å². The molecule has 1 aromatic heterocycles. The molecule has 0 unspecified atom stereocenters. The van der Waals surface area contributed by atoms with Crippen LogP contribution in [-0.2, 0) is 0 Å². The van der Waals surface area contributed by atoms with Crippen LogP contribution in [0.1, 0.15) is 22.4 Å². The van der Waals surface area contributed by atoms with Gasteiger partial charge in [-0.25, -0.2) is 0 Å². The molecule has 0 spiro atoms. The summed E-state index contributed by atoms with van der Waals surface area (Å²) in [5.41, 5.74) is 1.95. The van der Waals surface area contributed by atoms with Gasteiger partial charge in [0.15, 0.2) is 5.92 Å². The molecular formula is C18H12N4S. The van der Waals surface area contributed by atoms with Gasteiger partial charge in [0, 0.05) is 4.88 Å². The molecule has 110 valence electrons. The second-order valence-electron chi connectivity index (χ2n) is 5.16. The third kappa shape index (κ3) is 2.57. The van der Waals surface area contributed by atoms with E-state index in [1.165, 1.54) is 0 Å². The Kier molecular flexibility index (Phi) is 4.11. The largest absolute Gasteiger partial charge is 0.378 e. The van der Waals surface area contributed by atoms with Crippen molar-refractivity contribution < 1.29 is 0 Å². The Hall–Kier alpha value is -3.07. The van der Waals surface area contributed by atoms with E-state index in [-0.39, 0.29) is 12.0 Å². The van der Waals surface area contributed by atoms with E-state index in [2.05, 4.69) is 11.4 Å². The molecule has 2 atom stereocenters. The topological polar surface area (TPSA) is 83.4 Å². The van der Waals surface area contributed by atoms with Crippen LogP contribution >= 0.6 is 11.3 Å². The van der Waals surface area contributed by atoms with E-state index in [1.54, 1.807) is 11.3 Å². The number of hydrogen-bond acceptors (Lipinski definition) is 5. The van der Waals surface area contributed by atoms with Gasteiger partial charge in [0.1, 0.15) is 0 Å². The molecule has 5 heteroatoms. The Balaban J connectivity index is 2.13. The Morgan fingerprint density at radius 3 is 2.30 bits per heavy atom. The fraction of sp³-hybridized carbons (Fsp3) is 0.167. The molecular weight excluding hydrogens is 304 g/mol. The number of hydrogen-bond donors (Lipinski definition) is 1. The van der Waals surface area contributed by atoms with Crippen LogP contribution < -0.4 is 5.32 Å². The minimum atomic E-state index is -0.958. The average molecular weight is 316 g/mol. The summed E-state index contributed by atoms with van der Waals surface area (Å²) in [5, 5.41) is 33.3. The molecule has 4 nitrogen and oxygen atoms in total. The SMILES string of the molecule is N#CC1=C(C(C#N)C#N)N[C@H](c2ccccc2)[C@H]1c1cccs1. The highest BCUT2D eigenvalue weighted by Crippen LogP contribution is 2.45. The maximum absolute atomic E-state index is 9.65. The molecule has 0 amide bonds. The minimum Gasteiger partial charge on any atom is -0.378 e. The van der Waals surface area contributed by atoms with Crippen LogP contribution in [0, 0.1) is 39.9 Å². The first-order chi connectivity index (χ1) is 11.3. The Labute approximate surface area is 138 Å². The molecule has 23 heavy (non-hydrogen) atoms. The first-order valence-corrected chi connectivity index (χ1v) is 7.96. The van der Waals surface area contributed by atoms with Crippen molar-refractivity contribution in [3.05, 3.63) is 69.6 Å². The average Bonchev–Trinajstić information content (AvgIpc) is 3.24. The highest BCUT2D eigenvalue weighted by Gasteiger charge is 2.40. The first-order valence-electron chi connectivity index (χ1n) is 7.08. The lowest BCUT2D eigenvalue weighted by molar-refractivity contribution is 0.583. The quantitative estimate of drug-likeness (QED) is 0.937. The summed E-state index contributed by atoms with van der Waals surface area (Å²) < 4.78 is 0. The van der Waals surface area contributed by atoms with Crippen molar-refractivity contribution in [2.45, 2.75) is 12.0 Å². The van der Waals surface area contributed by atoms with E-state index in [0.29, 0.717) is 11.3 Å². The van der Waals surface area contributed by atoms with Gasteiger partial charge in [-0.2, -0.15) is 15.8 Å². The fourth-order valence-electron chi connectivity index (χ4n) is 2.90. The zero-order valence-electron chi connectivity index (χ0n) is 12.1. The summed E-state index contributed by atoms with van der Waals surface area (Å²) in [6, 6.07) is 19.7. The van der Waals surface area contributed by atoms with E-state index < -0.39 is 5.92 Å². The Bertz CT molecular complexity index is 833. The van der Waals surface area contributed by atoms with E-state index in [1.807, 2.05) is 60.0 Å². The Morgan fingerprint density at radius 1 is 1.00 bits per heavy atom. The van der Waals surface area contributed by atoms with E-state index in [4.69, 9.17) is 0 Å². The van der Waals surface area contributed by atoms with Gasteiger partial charge >= 0.3 is 0 Å². The van der Waals surface area contributed by atoms with Crippen LogP contribution in [0.5, 0.6) is 0 Å². The van der Waals surface area contributed by atoms with E-state index in [0.717, 1.165) is 10.4 Å². The van der Waals surface area contributed by atoms with Crippen molar-refractivity contribution in [3.8, 4) is 18.2 Å². The predicted octanol–water partition coefficient (Wildman–Crippen LogP) is 3.62. The molecule has 1 N–H and O–H groups in total. The molecule has 0 aliphatic carbocycles. The molecule has 0 saturated carbocycles. The number of nitriles is 3. The van der Waals surface area contributed by atoms with Crippen molar-refractivity contribution in [1.82, 2.24) is 5.32 Å². The fourth-order valence-corrected chi connectivity index (χ4v) is 3.77. The maximum atomic E-state index is 9.65. The summed E-state index contributed by atoms with van der Waals surface area (Å²) >= 11 is 1.58. The first kappa shape index (κ1) is 14.9. The molecule has 1 aromatic carbocycles. The number of rotatable bonds is 3. The normalized spacial score (nSPS) is 19.7. The lowest BCUT2D eigenvalue weighted by Gasteiger charge is -2.20. The van der Waals surface area contributed by atoms with Crippen molar-refractivity contribution in [1.29, 1.82) is 15.8 Å². The minimum absolute atomic E-state index is 0.149. The lowest BCUT2D eigenvalue weighted by Crippen LogP contribution is -2.21. The van der Waals surface area contributed by atoms with Crippen molar-refractivity contribution in [2.24, 2.45) is 5.92 Å². The molecule has 0 saturated heterocycles. The molecule has 3 rings (SSSR count). The van der Waals surface area contributed by atoms with E-state index in [9.17, 15) is 15.8 Å². The van der Waals surface area contributed by atoms with Gasteiger partial charge in [-0.3, -0.25) is 0 Å². The number of benzene rings is 1. The molecule has 0 radical (unpaired) electrons. The smallest absolute Gasteiger partial charge is 0.173 e. The maximum Gasteiger partial charge on any atom is 0.173 e. The second-order valence-corrected chi connectivity index (χ2v) is 6.14. The molecule has 1 aliphatic rings. The van der Waals surface area contributed by atoms with Gasteiger partial charge in [0.2, 0.25) is 0 Å². The highest BCUT2D eigenvalue weighted by molar-refractivity contribution is 7.10. The number of thiophene rings is 1. The van der Waals surface area contributed by atoms with E-state index >= 15 is 0 Å². The van der Waals surface area contributed by atoms with Crippen molar-refractivity contribution in [3.63, 3.8) is 0 Å². The van der Waals surface area contributed by atoms with Gasteiger partial charge in [-0.1, -0.05) is 36.4 Å². The van der Waals surface area contributed by atoms with Gasteiger partial charge in [0.25, 0.3) is 0 Å². The second kappa shape index (κ2) is 6.36. The van der Waals surface area contributed by atoms with Crippen LogP contribution in [0.25, 0.3) is 0 Å². The molecule has 0 fully saturated rings. The number of allylic oxidation sites excluding steroid dienone is 1. The third-order valence-corrected chi connectivity index (χ3v) is 4.88. The predicted molar refractivity (Wildman–Crippen MR) is 86.7 cm³/mol. The van der Waals surface area contributed by atoms with Gasteiger partial charge in [-0.05, 0) is 17.0 Å². The monoisotopic (exact) mass is 316 g/mol. The van der Waals surface area contributed by atoms with Crippen LogP contribution in [-0.4, -0.2) is 0 Å². The van der Waals surface area contributed by atoms with Crippen LogP contribution in [0.3, 0.4) is 0 Å². The number of nitrogens with one attached hydrogen (secondary N) is 1. The lowest BCUT2D eigenvalue weighted by atomic mass is 9.88. The summed E-state index contributed by atoms with van der Waals surface area (Å²) in [6.07, 6.45) is 0. The van der Waals surface area contributed by atoms with Crippen LogP contribution in [0.4, 0.5) is 0 Å². The van der Waals surface area contributed by atoms with Crippen LogP contribution in [0.2, 0.25) is 0 Å². The molecule has 2 heterocycles. The van der Waals surface area contributed by atoms with Gasteiger partial charge < -0.3 is 5.32 Å². The van der Waals surface area contributed by atoms with Crippen molar-refractivity contribution in [2.75, 3.05) is 0 Å².